The summed E-state index contributed by atoms with van der Waals surface area (Å²) >= 11 is 3.39. The van der Waals surface area contributed by atoms with E-state index in [0.717, 1.165) is 6.42 Å². The van der Waals surface area contributed by atoms with Crippen LogP contribution in [0.3, 0.4) is 0 Å². The van der Waals surface area contributed by atoms with E-state index in [-0.39, 0.29) is 10.9 Å². The van der Waals surface area contributed by atoms with Crippen LogP contribution in [0.4, 0.5) is 0 Å². The molecule has 2 aliphatic rings. The van der Waals surface area contributed by atoms with Gasteiger partial charge in [-0.1, -0.05) is 22.0 Å². The average Bonchev–Trinajstić information content (AvgIpc) is 2.35. The number of rotatable bonds is 0. The van der Waals surface area contributed by atoms with Gasteiger partial charge in [-0.25, -0.2) is 5.01 Å². The molecule has 0 fully saturated rings. The first kappa shape index (κ1) is 6.84. The molecule has 2 aliphatic heterocycles. The molecule has 0 spiro atoms. The van der Waals surface area contributed by atoms with E-state index in [1.54, 1.807) is 5.01 Å². The molecule has 1 N–H and O–H groups in total. The number of hydrazone groups is 1. The van der Waals surface area contributed by atoms with Crippen LogP contribution in [0.1, 0.15) is 6.42 Å². The van der Waals surface area contributed by atoms with Gasteiger partial charge in [0.15, 0.2) is 0 Å². The predicted octanol–water partition coefficient (Wildman–Crippen LogP) is 0.370. The van der Waals surface area contributed by atoms with Crippen molar-refractivity contribution in [2.75, 3.05) is 0 Å². The number of carbonyl (C=O) groups excluding carboxylic acids is 1. The van der Waals surface area contributed by atoms with E-state index >= 15 is 0 Å². The lowest BCUT2D eigenvalue weighted by molar-refractivity contribution is -0.117. The summed E-state index contributed by atoms with van der Waals surface area (Å²) in [5.74, 6) is -0.0815. The second kappa shape index (κ2) is 2.34. The number of fused-ring (bicyclic) bond motifs is 1. The van der Waals surface area contributed by atoms with Crippen LogP contribution >= 0.6 is 15.9 Å². The normalized spacial score (nSPS) is 28.1. The van der Waals surface area contributed by atoms with Crippen molar-refractivity contribution in [1.82, 2.24) is 10.3 Å². The van der Waals surface area contributed by atoms with Gasteiger partial charge in [-0.2, -0.15) is 5.10 Å². The Hall–Kier alpha value is -0.840. The number of hydrogen-bond acceptors (Lipinski definition) is 3. The van der Waals surface area contributed by atoms with Crippen LogP contribution < -0.4 is 5.32 Å². The number of nitrogens with zero attached hydrogens (tertiary/aromatic N) is 2. The monoisotopic (exact) mass is 215 g/mol. The highest BCUT2D eigenvalue weighted by atomic mass is 79.9. The quantitative estimate of drug-likeness (QED) is 0.469. The Morgan fingerprint density at radius 2 is 2.64 bits per heavy atom. The van der Waals surface area contributed by atoms with Gasteiger partial charge in [-0.05, 0) is 0 Å². The fourth-order valence-corrected chi connectivity index (χ4v) is 1.62. The minimum Gasteiger partial charge on any atom is -0.310 e. The Morgan fingerprint density at radius 3 is 3.36 bits per heavy atom. The van der Waals surface area contributed by atoms with Gasteiger partial charge >= 0.3 is 0 Å². The number of alkyl halides is 1. The molecule has 0 aromatic rings. The highest BCUT2D eigenvalue weighted by Gasteiger charge is 2.29. The molecular weight excluding hydrogens is 210 g/mol. The molecule has 11 heavy (non-hydrogen) atoms. The van der Waals surface area contributed by atoms with Crippen molar-refractivity contribution < 1.29 is 4.79 Å². The standard InChI is InChI=1S/C6H6BrN3O/c7-5-2-1-4-6(11)8-3-9-10(4)5/h1,3,5H,2H2,(H,8,9,11)/t5-/m0/s1. The Morgan fingerprint density at radius 1 is 1.82 bits per heavy atom. The molecule has 1 amide bonds. The highest BCUT2D eigenvalue weighted by molar-refractivity contribution is 9.09. The second-order valence-electron chi connectivity index (χ2n) is 2.32. The molecule has 0 unspecified atom stereocenters. The van der Waals surface area contributed by atoms with Crippen molar-refractivity contribution in [3.8, 4) is 0 Å². The lowest BCUT2D eigenvalue weighted by atomic mass is 10.4. The van der Waals surface area contributed by atoms with Crippen molar-refractivity contribution in [2.24, 2.45) is 5.10 Å². The van der Waals surface area contributed by atoms with Crippen molar-refractivity contribution in [3.63, 3.8) is 0 Å². The largest absolute Gasteiger partial charge is 0.310 e. The summed E-state index contributed by atoms with van der Waals surface area (Å²) in [5.41, 5.74) is 0.634. The summed E-state index contributed by atoms with van der Waals surface area (Å²) in [6.07, 6.45) is 4.09. The molecule has 0 bridgehead atoms. The van der Waals surface area contributed by atoms with Crippen molar-refractivity contribution >= 4 is 28.2 Å². The van der Waals surface area contributed by atoms with Gasteiger partial charge in [0.1, 0.15) is 17.0 Å². The zero-order chi connectivity index (χ0) is 7.84. The average molecular weight is 216 g/mol. The van der Waals surface area contributed by atoms with Gasteiger partial charge in [-0.15, -0.1) is 0 Å². The first-order valence-corrected chi connectivity index (χ1v) is 4.17. The van der Waals surface area contributed by atoms with E-state index in [1.807, 2.05) is 6.08 Å². The summed E-state index contributed by atoms with van der Waals surface area (Å²) in [5, 5.41) is 8.16. The van der Waals surface area contributed by atoms with Gasteiger partial charge in [0, 0.05) is 6.42 Å². The molecule has 4 nitrogen and oxygen atoms in total. The molecule has 0 saturated carbocycles. The van der Waals surface area contributed by atoms with E-state index in [9.17, 15) is 4.79 Å². The van der Waals surface area contributed by atoms with Crippen molar-refractivity contribution in [3.05, 3.63) is 11.8 Å². The number of hydrogen-bond donors (Lipinski definition) is 1. The number of carbonyl (C=O) groups is 1. The van der Waals surface area contributed by atoms with Crippen LogP contribution in [0.15, 0.2) is 16.9 Å². The highest BCUT2D eigenvalue weighted by Crippen LogP contribution is 2.27. The lowest BCUT2D eigenvalue weighted by Crippen LogP contribution is -2.37. The van der Waals surface area contributed by atoms with Gasteiger partial charge in [0.25, 0.3) is 5.91 Å². The Bertz CT molecular complexity index is 261. The van der Waals surface area contributed by atoms with E-state index in [1.165, 1.54) is 6.34 Å². The summed E-state index contributed by atoms with van der Waals surface area (Å²) in [6.45, 7) is 0. The SMILES string of the molecule is O=C1NC=NN2C1=CC[C@H]2Br. The Balaban J connectivity index is 2.34. The molecule has 5 heteroatoms. The smallest absolute Gasteiger partial charge is 0.274 e. The van der Waals surface area contributed by atoms with E-state index in [0.29, 0.717) is 5.70 Å². The first-order valence-electron chi connectivity index (χ1n) is 3.26. The van der Waals surface area contributed by atoms with Crippen molar-refractivity contribution in [1.29, 1.82) is 0 Å². The van der Waals surface area contributed by atoms with Crippen LogP contribution in [0.5, 0.6) is 0 Å². The molecule has 0 radical (unpaired) electrons. The molecule has 0 aromatic heterocycles. The molecule has 0 aromatic carbocycles. The maximum Gasteiger partial charge on any atom is 0.274 e. The third kappa shape index (κ3) is 0.956. The van der Waals surface area contributed by atoms with E-state index in [2.05, 4.69) is 26.3 Å². The van der Waals surface area contributed by atoms with Crippen molar-refractivity contribution in [2.45, 2.75) is 11.4 Å². The number of halogens is 1. The maximum absolute atomic E-state index is 11.1. The summed E-state index contributed by atoms with van der Waals surface area (Å²) < 4.78 is 0. The second-order valence-corrected chi connectivity index (χ2v) is 3.38. The van der Waals surface area contributed by atoms with Crippen LogP contribution in [0.2, 0.25) is 0 Å². The van der Waals surface area contributed by atoms with Crippen LogP contribution in [0.25, 0.3) is 0 Å². The van der Waals surface area contributed by atoms with Gasteiger partial charge < -0.3 is 5.32 Å². The predicted molar refractivity (Wildman–Crippen MR) is 43.9 cm³/mol. The maximum atomic E-state index is 11.1. The molecule has 0 aliphatic carbocycles. The minimum absolute atomic E-state index is 0.0815. The third-order valence-electron chi connectivity index (χ3n) is 1.63. The van der Waals surface area contributed by atoms with E-state index < -0.39 is 0 Å². The molecule has 1 atom stereocenters. The van der Waals surface area contributed by atoms with Gasteiger partial charge in [0.05, 0.1) is 0 Å². The summed E-state index contributed by atoms with van der Waals surface area (Å²) in [4.78, 5) is 11.2. The zero-order valence-electron chi connectivity index (χ0n) is 5.62. The fourth-order valence-electron chi connectivity index (χ4n) is 1.11. The van der Waals surface area contributed by atoms with Crippen LogP contribution in [-0.4, -0.2) is 22.2 Å². The Kier molecular flexibility index (Phi) is 1.45. The Labute approximate surface area is 72.1 Å². The lowest BCUT2D eigenvalue weighted by Gasteiger charge is -2.22. The van der Waals surface area contributed by atoms with Gasteiger partial charge in [-0.3, -0.25) is 4.79 Å². The molecule has 2 rings (SSSR count). The molecule has 2 heterocycles. The fraction of sp³-hybridized carbons (Fsp3) is 0.333. The first-order chi connectivity index (χ1) is 5.29. The zero-order valence-corrected chi connectivity index (χ0v) is 7.21. The minimum atomic E-state index is -0.0815. The van der Waals surface area contributed by atoms with Gasteiger partial charge in [0.2, 0.25) is 0 Å². The molecular formula is C6H6BrN3O. The third-order valence-corrected chi connectivity index (χ3v) is 2.39. The number of nitrogens with one attached hydrogen (secondary N) is 1. The molecule has 58 valence electrons. The van der Waals surface area contributed by atoms with E-state index in [4.69, 9.17) is 0 Å². The summed E-state index contributed by atoms with van der Waals surface area (Å²) in [6, 6.07) is 0. The van der Waals surface area contributed by atoms with Crippen LogP contribution in [-0.2, 0) is 4.79 Å². The summed E-state index contributed by atoms with van der Waals surface area (Å²) in [7, 11) is 0. The van der Waals surface area contributed by atoms with Crippen LogP contribution in [0, 0.1) is 0 Å². The topological polar surface area (TPSA) is 44.7 Å². The number of amides is 1. The molecule has 0 saturated heterocycles.